The molecule has 0 radical (unpaired) electrons. The van der Waals surface area contributed by atoms with Crippen LogP contribution in [0.3, 0.4) is 0 Å². The third kappa shape index (κ3) is 5.89. The first kappa shape index (κ1) is 23.8. The lowest BCUT2D eigenvalue weighted by atomic mass is 10.0. The van der Waals surface area contributed by atoms with Crippen molar-refractivity contribution in [2.75, 3.05) is 26.7 Å². The van der Waals surface area contributed by atoms with E-state index in [1.807, 2.05) is 13.8 Å². The van der Waals surface area contributed by atoms with Crippen molar-refractivity contribution in [2.24, 2.45) is 5.92 Å². The van der Waals surface area contributed by atoms with Gasteiger partial charge in [-0.3, -0.25) is 14.6 Å². The Hall–Kier alpha value is -2.85. The molecule has 2 amide bonds. The van der Waals surface area contributed by atoms with Gasteiger partial charge in [-0.15, -0.1) is 5.10 Å². The van der Waals surface area contributed by atoms with Crippen molar-refractivity contribution in [3.8, 4) is 0 Å². The molecule has 0 unspecified atom stereocenters. The summed E-state index contributed by atoms with van der Waals surface area (Å²) in [6.07, 6.45) is 5.50. The molecule has 0 saturated heterocycles. The number of hydrogen-bond donors (Lipinski definition) is 1. The summed E-state index contributed by atoms with van der Waals surface area (Å²) in [5.41, 5.74) is 1.38. The van der Waals surface area contributed by atoms with Gasteiger partial charge in [0.1, 0.15) is 0 Å². The summed E-state index contributed by atoms with van der Waals surface area (Å²) in [7, 11) is 1.74. The molecule has 3 atom stereocenters. The van der Waals surface area contributed by atoms with Gasteiger partial charge in [0, 0.05) is 57.0 Å². The molecule has 1 aliphatic heterocycles. The van der Waals surface area contributed by atoms with E-state index in [-0.39, 0.29) is 36.5 Å². The van der Waals surface area contributed by atoms with Gasteiger partial charge in [0.15, 0.2) is 0 Å². The number of hydrogen-bond acceptors (Lipinski definition) is 7. The molecule has 3 rings (SSSR count). The Morgan fingerprint density at radius 2 is 2.12 bits per heavy atom. The highest BCUT2D eigenvalue weighted by Gasteiger charge is 2.29. The molecule has 10 nitrogen and oxygen atoms in total. The van der Waals surface area contributed by atoms with Crippen molar-refractivity contribution in [3.63, 3.8) is 0 Å². The van der Waals surface area contributed by atoms with Crippen molar-refractivity contribution >= 4 is 11.8 Å². The van der Waals surface area contributed by atoms with Crippen LogP contribution in [0.5, 0.6) is 0 Å². The van der Waals surface area contributed by atoms with Crippen LogP contribution in [0.1, 0.15) is 42.7 Å². The summed E-state index contributed by atoms with van der Waals surface area (Å²) in [6, 6.07) is 3.06. The molecule has 2 aromatic rings. The first-order valence-electron chi connectivity index (χ1n) is 11.0. The monoisotopic (exact) mass is 444 g/mol. The largest absolute Gasteiger partial charge is 0.394 e. The summed E-state index contributed by atoms with van der Waals surface area (Å²) >= 11 is 0. The van der Waals surface area contributed by atoms with Gasteiger partial charge in [-0.05, 0) is 25.5 Å². The van der Waals surface area contributed by atoms with Crippen LogP contribution < -0.4 is 0 Å². The van der Waals surface area contributed by atoms with Gasteiger partial charge >= 0.3 is 0 Å². The van der Waals surface area contributed by atoms with Crippen LogP contribution in [0.15, 0.2) is 30.7 Å². The zero-order valence-corrected chi connectivity index (χ0v) is 18.9. The number of carbonyl (C=O) groups excluding carboxylic acids is 2. The summed E-state index contributed by atoms with van der Waals surface area (Å²) < 4.78 is 8.01. The van der Waals surface area contributed by atoms with E-state index in [0.717, 1.165) is 5.69 Å². The predicted octanol–water partition coefficient (Wildman–Crippen LogP) is 0.970. The Balaban J connectivity index is 1.81. The van der Waals surface area contributed by atoms with Crippen LogP contribution >= 0.6 is 0 Å². The first-order chi connectivity index (χ1) is 15.4. The number of likely N-dealkylation sites (N-methyl/N-ethyl adjacent to an activating group) is 1. The van der Waals surface area contributed by atoms with Crippen molar-refractivity contribution in [2.45, 2.75) is 52.0 Å². The molecule has 0 saturated carbocycles. The second-order valence-electron chi connectivity index (χ2n) is 8.38. The fourth-order valence-corrected chi connectivity index (χ4v) is 3.81. The van der Waals surface area contributed by atoms with Gasteiger partial charge < -0.3 is 19.6 Å². The lowest BCUT2D eigenvalue weighted by Gasteiger charge is -2.35. The lowest BCUT2D eigenvalue weighted by molar-refractivity contribution is -0.136. The van der Waals surface area contributed by atoms with Gasteiger partial charge in [-0.25, -0.2) is 4.68 Å². The molecular formula is C22H32N6O4. The Bertz CT molecular complexity index is 890. The molecule has 174 valence electrons. The maximum atomic E-state index is 12.9. The van der Waals surface area contributed by atoms with Crippen LogP contribution in [-0.4, -0.2) is 85.6 Å². The van der Waals surface area contributed by atoms with Crippen LogP contribution in [-0.2, 0) is 22.7 Å². The highest BCUT2D eigenvalue weighted by Crippen LogP contribution is 2.18. The number of ether oxygens (including phenoxy) is 1. The number of aliphatic hydroxyl groups excluding tert-OH is 1. The molecule has 10 heteroatoms. The van der Waals surface area contributed by atoms with Crippen molar-refractivity contribution < 1.29 is 19.4 Å². The maximum Gasteiger partial charge on any atom is 0.253 e. The standard InChI is InChI=1S/C22H32N6O4/c1-16-12-27(17(2)14-29)21(30)5-4-10-28-19(11-24-25-28)15-32-20(16)13-26(3)22(31)18-6-8-23-9-7-18/h6-9,11,16-17,20,29H,4-5,10,12-15H2,1-3H3/t16-,17-,20-/m0/s1. The molecular weight excluding hydrogens is 412 g/mol. The van der Waals surface area contributed by atoms with E-state index in [4.69, 9.17) is 4.74 Å². The highest BCUT2D eigenvalue weighted by atomic mass is 16.5. The first-order valence-corrected chi connectivity index (χ1v) is 11.0. The minimum absolute atomic E-state index is 0.0133. The topological polar surface area (TPSA) is 114 Å². The average molecular weight is 445 g/mol. The summed E-state index contributed by atoms with van der Waals surface area (Å²) in [5, 5.41) is 17.8. The SMILES string of the molecule is C[C@H]1CN([C@@H](C)CO)C(=O)CCCn2nncc2CO[C@H]1CN(C)C(=O)c1ccncc1. The van der Waals surface area contributed by atoms with Gasteiger partial charge in [-0.1, -0.05) is 12.1 Å². The summed E-state index contributed by atoms with van der Waals surface area (Å²) in [6.45, 7) is 5.37. The molecule has 1 aliphatic rings. The Morgan fingerprint density at radius 1 is 1.38 bits per heavy atom. The number of aromatic nitrogens is 4. The fraction of sp³-hybridized carbons (Fsp3) is 0.591. The Kier molecular flexibility index (Phi) is 8.29. The summed E-state index contributed by atoms with van der Waals surface area (Å²) in [5.74, 6) is -0.220. The molecule has 1 N–H and O–H groups in total. The van der Waals surface area contributed by atoms with Gasteiger partial charge in [-0.2, -0.15) is 0 Å². The number of nitrogens with zero attached hydrogens (tertiary/aromatic N) is 6. The van der Waals surface area contributed by atoms with Crippen LogP contribution in [0.25, 0.3) is 0 Å². The number of amides is 2. The number of pyridine rings is 1. The second kappa shape index (κ2) is 11.1. The number of fused-ring (bicyclic) bond motifs is 1. The van der Waals surface area contributed by atoms with Crippen LogP contribution in [0, 0.1) is 5.92 Å². The zero-order valence-electron chi connectivity index (χ0n) is 18.9. The average Bonchev–Trinajstić information content (AvgIpc) is 3.25. The van der Waals surface area contributed by atoms with Crippen molar-refractivity contribution in [3.05, 3.63) is 42.0 Å². The van der Waals surface area contributed by atoms with E-state index in [2.05, 4.69) is 15.3 Å². The fourth-order valence-electron chi connectivity index (χ4n) is 3.81. The zero-order chi connectivity index (χ0) is 23.1. The number of aliphatic hydroxyl groups is 1. The van der Waals surface area contributed by atoms with E-state index >= 15 is 0 Å². The summed E-state index contributed by atoms with van der Waals surface area (Å²) in [4.78, 5) is 33.1. The van der Waals surface area contributed by atoms with Gasteiger partial charge in [0.05, 0.1) is 37.3 Å². The minimum Gasteiger partial charge on any atom is -0.394 e. The normalized spacial score (nSPS) is 21.2. The molecule has 0 aliphatic carbocycles. The quantitative estimate of drug-likeness (QED) is 0.731. The van der Waals surface area contributed by atoms with Crippen LogP contribution in [0.2, 0.25) is 0 Å². The second-order valence-corrected chi connectivity index (χ2v) is 8.38. The minimum atomic E-state index is -0.338. The molecule has 0 spiro atoms. The molecule has 2 aromatic heterocycles. The molecule has 0 aromatic carbocycles. The molecule has 32 heavy (non-hydrogen) atoms. The Morgan fingerprint density at radius 3 is 2.84 bits per heavy atom. The van der Waals surface area contributed by atoms with E-state index in [0.29, 0.717) is 44.6 Å². The van der Waals surface area contributed by atoms with E-state index in [1.165, 1.54) is 0 Å². The third-order valence-electron chi connectivity index (χ3n) is 5.87. The van der Waals surface area contributed by atoms with E-state index in [9.17, 15) is 14.7 Å². The maximum absolute atomic E-state index is 12.9. The van der Waals surface area contributed by atoms with E-state index < -0.39 is 0 Å². The third-order valence-corrected chi connectivity index (χ3v) is 5.87. The number of rotatable bonds is 5. The van der Waals surface area contributed by atoms with E-state index in [1.54, 1.807) is 52.3 Å². The highest BCUT2D eigenvalue weighted by molar-refractivity contribution is 5.93. The smallest absolute Gasteiger partial charge is 0.253 e. The van der Waals surface area contributed by atoms with Crippen molar-refractivity contribution in [1.29, 1.82) is 0 Å². The molecule has 3 heterocycles. The molecule has 0 fully saturated rings. The number of aryl methyl sites for hydroxylation is 1. The lowest BCUT2D eigenvalue weighted by Crippen LogP contribution is -2.48. The molecule has 0 bridgehead atoms. The van der Waals surface area contributed by atoms with Gasteiger partial charge in [0.25, 0.3) is 5.91 Å². The van der Waals surface area contributed by atoms with Crippen molar-refractivity contribution in [1.82, 2.24) is 29.8 Å². The van der Waals surface area contributed by atoms with Gasteiger partial charge in [0.2, 0.25) is 5.91 Å². The van der Waals surface area contributed by atoms with Crippen LogP contribution in [0.4, 0.5) is 0 Å². The predicted molar refractivity (Wildman–Crippen MR) is 116 cm³/mol. The Labute approximate surface area is 188 Å². The number of carbonyl (C=O) groups is 2.